The van der Waals surface area contributed by atoms with Crippen LogP contribution in [0.15, 0.2) is 34.9 Å². The molecule has 25 heavy (non-hydrogen) atoms. The largest absolute Gasteiger partial charge is 0.493 e. The Kier molecular flexibility index (Phi) is 4.17. The maximum Gasteiger partial charge on any atom is 0.223 e. The molecule has 4 rings (SSSR count). The number of ether oxygens (including phenoxy) is 1. The van der Waals surface area contributed by atoms with Crippen molar-refractivity contribution in [3.63, 3.8) is 0 Å². The highest BCUT2D eigenvalue weighted by molar-refractivity contribution is 6.29. The van der Waals surface area contributed by atoms with Crippen molar-refractivity contribution >= 4 is 17.5 Å². The molecular weight excluding hydrogens is 344 g/mol. The fourth-order valence-corrected chi connectivity index (χ4v) is 4.01. The number of para-hydroxylation sites is 1. The summed E-state index contributed by atoms with van der Waals surface area (Å²) in [6.07, 6.45) is 0.779. The van der Waals surface area contributed by atoms with E-state index < -0.39 is 5.41 Å². The Morgan fingerprint density at radius 3 is 3.04 bits per heavy atom. The third-order valence-electron chi connectivity index (χ3n) is 5.24. The highest BCUT2D eigenvalue weighted by Crippen LogP contribution is 2.49. The summed E-state index contributed by atoms with van der Waals surface area (Å²) in [5, 5.41) is 13.9. The lowest BCUT2D eigenvalue weighted by molar-refractivity contribution is -0.130. The van der Waals surface area contributed by atoms with Crippen LogP contribution >= 0.6 is 11.6 Å². The monoisotopic (exact) mass is 362 g/mol. The van der Waals surface area contributed by atoms with E-state index in [1.165, 1.54) is 0 Å². The van der Waals surface area contributed by atoms with Gasteiger partial charge in [-0.15, -0.1) is 0 Å². The Morgan fingerprint density at radius 1 is 1.44 bits per heavy atom. The molecule has 1 amide bonds. The number of hydrogen-bond acceptors (Lipinski definition) is 5. The Labute approximate surface area is 150 Å². The molecule has 1 N–H and O–H groups in total. The van der Waals surface area contributed by atoms with Gasteiger partial charge in [0.2, 0.25) is 5.91 Å². The molecular formula is C18H19ClN2O4. The normalized spacial score (nSPS) is 24.6. The molecule has 2 aliphatic heterocycles. The van der Waals surface area contributed by atoms with Crippen molar-refractivity contribution in [3.8, 4) is 5.75 Å². The molecule has 132 valence electrons. The number of carbonyl (C=O) groups excluding carboxylic acids is 1. The minimum atomic E-state index is -0.431. The number of aryl methyl sites for hydroxylation is 1. The second-order valence-electron chi connectivity index (χ2n) is 6.79. The molecule has 2 atom stereocenters. The van der Waals surface area contributed by atoms with Gasteiger partial charge in [0, 0.05) is 37.9 Å². The zero-order valence-corrected chi connectivity index (χ0v) is 14.4. The summed E-state index contributed by atoms with van der Waals surface area (Å²) < 4.78 is 10.9. The molecule has 3 heterocycles. The van der Waals surface area contributed by atoms with E-state index in [2.05, 4.69) is 5.16 Å². The minimum absolute atomic E-state index is 0.00646. The number of hydrogen-bond donors (Lipinski definition) is 1. The van der Waals surface area contributed by atoms with E-state index in [1.807, 2.05) is 29.2 Å². The van der Waals surface area contributed by atoms with E-state index in [0.29, 0.717) is 43.5 Å². The highest BCUT2D eigenvalue weighted by atomic mass is 35.5. The molecule has 1 aromatic carbocycles. The Balaban J connectivity index is 1.49. The van der Waals surface area contributed by atoms with Crippen molar-refractivity contribution in [1.82, 2.24) is 10.1 Å². The number of likely N-dealkylation sites (tertiary alicyclic amines) is 1. The van der Waals surface area contributed by atoms with Gasteiger partial charge >= 0.3 is 0 Å². The molecule has 0 unspecified atom stereocenters. The SMILES string of the molecule is O=C(CCc1cc(Cl)no1)N1C[C@H]2c3ccccc3OC[C@@]2(CO)C1. The minimum Gasteiger partial charge on any atom is -0.493 e. The molecule has 1 aromatic heterocycles. The molecule has 0 radical (unpaired) electrons. The van der Waals surface area contributed by atoms with Gasteiger partial charge in [-0.3, -0.25) is 4.79 Å². The van der Waals surface area contributed by atoms with Crippen molar-refractivity contribution in [2.75, 3.05) is 26.3 Å². The van der Waals surface area contributed by atoms with Crippen molar-refractivity contribution in [3.05, 3.63) is 46.8 Å². The first-order valence-electron chi connectivity index (χ1n) is 8.33. The second-order valence-corrected chi connectivity index (χ2v) is 7.18. The third-order valence-corrected chi connectivity index (χ3v) is 5.42. The van der Waals surface area contributed by atoms with Gasteiger partial charge in [-0.25, -0.2) is 0 Å². The summed E-state index contributed by atoms with van der Waals surface area (Å²) in [4.78, 5) is 14.5. The number of aromatic nitrogens is 1. The lowest BCUT2D eigenvalue weighted by Crippen LogP contribution is -2.42. The zero-order valence-electron chi connectivity index (χ0n) is 13.7. The van der Waals surface area contributed by atoms with Gasteiger partial charge < -0.3 is 19.3 Å². The van der Waals surface area contributed by atoms with Crippen LogP contribution in [0, 0.1) is 5.41 Å². The van der Waals surface area contributed by atoms with E-state index in [9.17, 15) is 9.90 Å². The zero-order chi connectivity index (χ0) is 17.4. The van der Waals surface area contributed by atoms with Crippen LogP contribution in [0.3, 0.4) is 0 Å². The first-order valence-corrected chi connectivity index (χ1v) is 8.70. The summed E-state index contributed by atoms with van der Waals surface area (Å²) >= 11 is 5.73. The molecule has 7 heteroatoms. The highest BCUT2D eigenvalue weighted by Gasteiger charge is 2.51. The molecule has 2 aliphatic rings. The molecule has 1 fully saturated rings. The number of rotatable bonds is 4. The molecule has 2 aromatic rings. The van der Waals surface area contributed by atoms with Crippen LogP contribution in [0.1, 0.15) is 23.7 Å². The van der Waals surface area contributed by atoms with Crippen LogP contribution < -0.4 is 4.74 Å². The van der Waals surface area contributed by atoms with Gasteiger partial charge in [-0.2, -0.15) is 0 Å². The van der Waals surface area contributed by atoms with Gasteiger partial charge in [0.05, 0.1) is 18.6 Å². The fraction of sp³-hybridized carbons (Fsp3) is 0.444. The van der Waals surface area contributed by atoms with Crippen LogP contribution in [-0.2, 0) is 11.2 Å². The molecule has 1 saturated heterocycles. The van der Waals surface area contributed by atoms with E-state index in [-0.39, 0.29) is 18.4 Å². The van der Waals surface area contributed by atoms with Crippen molar-refractivity contribution in [1.29, 1.82) is 0 Å². The van der Waals surface area contributed by atoms with Gasteiger partial charge in [0.25, 0.3) is 0 Å². The Morgan fingerprint density at radius 2 is 2.28 bits per heavy atom. The van der Waals surface area contributed by atoms with Crippen LogP contribution in [-0.4, -0.2) is 47.4 Å². The second kappa shape index (κ2) is 6.35. The summed E-state index contributed by atoms with van der Waals surface area (Å²) in [7, 11) is 0. The lowest BCUT2D eigenvalue weighted by Gasteiger charge is -2.37. The maximum absolute atomic E-state index is 12.6. The van der Waals surface area contributed by atoms with Crippen LogP contribution in [0.5, 0.6) is 5.75 Å². The Hall–Kier alpha value is -2.05. The number of aliphatic hydroxyl groups excluding tert-OH is 1. The van der Waals surface area contributed by atoms with Crippen molar-refractivity contribution in [2.24, 2.45) is 5.41 Å². The molecule has 6 nitrogen and oxygen atoms in total. The van der Waals surface area contributed by atoms with Crippen molar-refractivity contribution in [2.45, 2.75) is 18.8 Å². The number of halogens is 1. The van der Waals surface area contributed by atoms with E-state index in [1.54, 1.807) is 6.07 Å². The van der Waals surface area contributed by atoms with Gasteiger partial charge in [-0.1, -0.05) is 35.0 Å². The van der Waals surface area contributed by atoms with Crippen LogP contribution in [0.2, 0.25) is 5.15 Å². The lowest BCUT2D eigenvalue weighted by atomic mass is 9.74. The number of amides is 1. The summed E-state index contributed by atoms with van der Waals surface area (Å²) in [5.74, 6) is 1.57. The Bertz CT molecular complexity index is 793. The summed E-state index contributed by atoms with van der Waals surface area (Å²) in [5.41, 5.74) is 0.639. The van der Waals surface area contributed by atoms with Crippen molar-refractivity contribution < 1.29 is 19.2 Å². The average molecular weight is 363 g/mol. The molecule has 0 saturated carbocycles. The molecule has 0 bridgehead atoms. The fourth-order valence-electron chi connectivity index (χ4n) is 3.85. The maximum atomic E-state index is 12.6. The number of carbonyl (C=O) groups is 1. The first kappa shape index (κ1) is 16.4. The van der Waals surface area contributed by atoms with Gasteiger partial charge in [-0.05, 0) is 11.6 Å². The van der Waals surface area contributed by atoms with Crippen LogP contribution in [0.25, 0.3) is 0 Å². The van der Waals surface area contributed by atoms with Gasteiger partial charge in [0.1, 0.15) is 11.5 Å². The number of fused-ring (bicyclic) bond motifs is 3. The predicted molar refractivity (Wildman–Crippen MR) is 90.6 cm³/mol. The topological polar surface area (TPSA) is 75.8 Å². The third kappa shape index (κ3) is 2.89. The predicted octanol–water partition coefficient (Wildman–Crippen LogP) is 2.26. The number of nitrogens with zero attached hydrogens (tertiary/aromatic N) is 2. The van der Waals surface area contributed by atoms with E-state index in [0.717, 1.165) is 11.3 Å². The first-order chi connectivity index (χ1) is 12.1. The number of benzene rings is 1. The molecule has 0 spiro atoms. The summed E-state index contributed by atoms with van der Waals surface area (Å²) in [6, 6.07) is 9.49. The standard InChI is InChI=1S/C18H19ClN2O4/c19-16-7-12(25-20-16)5-6-17(23)21-8-14-13-3-1-2-4-15(13)24-11-18(14,9-21)10-22/h1-4,7,14,22H,5-6,8-11H2/t14-,18-/m0/s1. The molecule has 0 aliphatic carbocycles. The smallest absolute Gasteiger partial charge is 0.223 e. The van der Waals surface area contributed by atoms with E-state index in [4.69, 9.17) is 20.9 Å². The van der Waals surface area contributed by atoms with Crippen LogP contribution in [0.4, 0.5) is 0 Å². The quantitative estimate of drug-likeness (QED) is 0.902. The van der Waals surface area contributed by atoms with E-state index >= 15 is 0 Å². The average Bonchev–Trinajstić information content (AvgIpc) is 3.23. The van der Waals surface area contributed by atoms with Gasteiger partial charge in [0.15, 0.2) is 5.15 Å². The number of aliphatic hydroxyl groups is 1. The summed E-state index contributed by atoms with van der Waals surface area (Å²) in [6.45, 7) is 1.51.